The van der Waals surface area contributed by atoms with Crippen molar-refractivity contribution in [1.29, 1.82) is 5.26 Å². The minimum absolute atomic E-state index is 0.0350. The highest BCUT2D eigenvalue weighted by molar-refractivity contribution is 6.36. The average molecular weight is 318 g/mol. The number of amides is 1. The molecular weight excluding hydrogens is 309 g/mol. The highest BCUT2D eigenvalue weighted by atomic mass is 35.5. The standard InChI is InChI=1S/C15H9Cl2N3O/c16-12-1-2-14(13(17)8-12)20-15(21)11(9-18)7-10-3-5-19-6-4-10/h1-8H,(H,20,21)/b11-7+. The first-order valence-corrected chi connectivity index (χ1v) is 6.64. The molecule has 4 nitrogen and oxygen atoms in total. The molecule has 6 heteroatoms. The molecule has 0 radical (unpaired) electrons. The van der Waals surface area contributed by atoms with Crippen molar-refractivity contribution in [2.45, 2.75) is 0 Å². The zero-order valence-corrected chi connectivity index (χ0v) is 12.2. The molecule has 2 rings (SSSR count). The summed E-state index contributed by atoms with van der Waals surface area (Å²) in [6.07, 6.45) is 4.63. The summed E-state index contributed by atoms with van der Waals surface area (Å²) in [5.74, 6) is -0.543. The fourth-order valence-electron chi connectivity index (χ4n) is 1.56. The number of carbonyl (C=O) groups excluding carboxylic acids is 1. The number of hydrogen-bond donors (Lipinski definition) is 1. The molecule has 0 atom stereocenters. The van der Waals surface area contributed by atoms with Crippen molar-refractivity contribution in [3.63, 3.8) is 0 Å². The van der Waals surface area contributed by atoms with Crippen LogP contribution in [-0.2, 0) is 4.79 Å². The van der Waals surface area contributed by atoms with Gasteiger partial charge < -0.3 is 5.32 Å². The Kier molecular flexibility index (Phi) is 4.94. The van der Waals surface area contributed by atoms with E-state index in [1.54, 1.807) is 36.7 Å². The quantitative estimate of drug-likeness (QED) is 0.689. The van der Waals surface area contributed by atoms with Crippen LogP contribution in [0, 0.1) is 11.3 Å². The van der Waals surface area contributed by atoms with Gasteiger partial charge in [-0.15, -0.1) is 0 Å². The molecule has 0 fully saturated rings. The van der Waals surface area contributed by atoms with Gasteiger partial charge in [-0.3, -0.25) is 9.78 Å². The van der Waals surface area contributed by atoms with Gasteiger partial charge in [-0.2, -0.15) is 5.26 Å². The normalized spacial score (nSPS) is 10.8. The molecule has 1 amide bonds. The van der Waals surface area contributed by atoms with E-state index >= 15 is 0 Å². The Morgan fingerprint density at radius 1 is 1.24 bits per heavy atom. The summed E-state index contributed by atoms with van der Waals surface area (Å²) in [4.78, 5) is 15.9. The van der Waals surface area contributed by atoms with Crippen molar-refractivity contribution in [3.05, 3.63) is 63.9 Å². The van der Waals surface area contributed by atoms with Crippen LogP contribution in [0.15, 0.2) is 48.3 Å². The van der Waals surface area contributed by atoms with E-state index in [-0.39, 0.29) is 5.57 Å². The number of carbonyl (C=O) groups is 1. The molecule has 0 bridgehead atoms. The van der Waals surface area contributed by atoms with Crippen LogP contribution in [0.3, 0.4) is 0 Å². The Morgan fingerprint density at radius 2 is 1.95 bits per heavy atom. The number of hydrogen-bond acceptors (Lipinski definition) is 3. The van der Waals surface area contributed by atoms with Gasteiger partial charge in [-0.25, -0.2) is 0 Å². The summed E-state index contributed by atoms with van der Waals surface area (Å²) in [6.45, 7) is 0. The molecule has 0 aliphatic heterocycles. The summed E-state index contributed by atoms with van der Waals surface area (Å²) in [7, 11) is 0. The fourth-order valence-corrected chi connectivity index (χ4v) is 2.01. The molecule has 0 aliphatic rings. The first kappa shape index (κ1) is 15.0. The van der Waals surface area contributed by atoms with Crippen molar-refractivity contribution in [1.82, 2.24) is 4.98 Å². The van der Waals surface area contributed by atoms with E-state index in [1.807, 2.05) is 6.07 Å². The lowest BCUT2D eigenvalue weighted by Gasteiger charge is -2.06. The maximum atomic E-state index is 12.1. The van der Waals surface area contributed by atoms with Crippen LogP contribution in [0.2, 0.25) is 10.0 Å². The largest absolute Gasteiger partial charge is 0.320 e. The third kappa shape index (κ3) is 4.06. The van der Waals surface area contributed by atoms with Gasteiger partial charge in [0.15, 0.2) is 0 Å². The van der Waals surface area contributed by atoms with Crippen molar-refractivity contribution in [3.8, 4) is 6.07 Å². The molecular formula is C15H9Cl2N3O. The highest BCUT2D eigenvalue weighted by Gasteiger charge is 2.11. The van der Waals surface area contributed by atoms with E-state index in [1.165, 1.54) is 12.1 Å². The SMILES string of the molecule is N#C/C(=C\c1ccncc1)C(=O)Nc1ccc(Cl)cc1Cl. The van der Waals surface area contributed by atoms with Crippen LogP contribution < -0.4 is 5.32 Å². The van der Waals surface area contributed by atoms with E-state index in [2.05, 4.69) is 10.3 Å². The molecule has 1 heterocycles. The summed E-state index contributed by atoms with van der Waals surface area (Å²) in [5.41, 5.74) is 1.06. The van der Waals surface area contributed by atoms with Gasteiger partial charge in [-0.1, -0.05) is 23.2 Å². The molecule has 1 aromatic carbocycles. The second-order valence-corrected chi connectivity index (χ2v) is 4.87. The van der Waals surface area contributed by atoms with Crippen molar-refractivity contribution in [2.24, 2.45) is 0 Å². The number of rotatable bonds is 3. The molecule has 0 unspecified atom stereocenters. The molecule has 0 saturated carbocycles. The molecule has 1 N–H and O–H groups in total. The number of pyridine rings is 1. The Labute approximate surface area is 131 Å². The van der Waals surface area contributed by atoms with Crippen LogP contribution in [0.5, 0.6) is 0 Å². The third-order valence-corrected chi connectivity index (χ3v) is 3.11. The minimum Gasteiger partial charge on any atom is -0.320 e. The number of halogens is 2. The lowest BCUT2D eigenvalue weighted by molar-refractivity contribution is -0.112. The fraction of sp³-hybridized carbons (Fsp3) is 0. The van der Waals surface area contributed by atoms with Gasteiger partial charge in [0.1, 0.15) is 11.6 Å². The molecule has 2 aromatic rings. The minimum atomic E-state index is -0.543. The van der Waals surface area contributed by atoms with Gasteiger partial charge in [-0.05, 0) is 42.0 Å². The second kappa shape index (κ2) is 6.89. The van der Waals surface area contributed by atoms with Gasteiger partial charge in [0, 0.05) is 17.4 Å². The number of benzene rings is 1. The van der Waals surface area contributed by atoms with Crippen molar-refractivity contribution < 1.29 is 4.79 Å². The van der Waals surface area contributed by atoms with E-state index in [0.29, 0.717) is 21.3 Å². The van der Waals surface area contributed by atoms with Gasteiger partial charge >= 0.3 is 0 Å². The van der Waals surface area contributed by atoms with Crippen molar-refractivity contribution >= 4 is 40.9 Å². The summed E-state index contributed by atoms with van der Waals surface area (Å²) >= 11 is 11.8. The molecule has 21 heavy (non-hydrogen) atoms. The highest BCUT2D eigenvalue weighted by Crippen LogP contribution is 2.25. The Morgan fingerprint density at radius 3 is 2.57 bits per heavy atom. The van der Waals surface area contributed by atoms with E-state index in [0.717, 1.165) is 0 Å². The topological polar surface area (TPSA) is 65.8 Å². The third-order valence-electron chi connectivity index (χ3n) is 2.56. The van der Waals surface area contributed by atoms with E-state index in [4.69, 9.17) is 28.5 Å². The van der Waals surface area contributed by atoms with Gasteiger partial charge in [0.25, 0.3) is 5.91 Å². The molecule has 0 saturated heterocycles. The zero-order chi connectivity index (χ0) is 15.2. The Balaban J connectivity index is 2.22. The molecule has 1 aromatic heterocycles. The number of nitriles is 1. The monoisotopic (exact) mass is 317 g/mol. The van der Waals surface area contributed by atoms with Crippen LogP contribution >= 0.6 is 23.2 Å². The lowest BCUT2D eigenvalue weighted by Crippen LogP contribution is -2.13. The summed E-state index contributed by atoms with van der Waals surface area (Å²) in [5, 5.41) is 12.4. The van der Waals surface area contributed by atoms with E-state index in [9.17, 15) is 4.79 Å². The average Bonchev–Trinajstić information content (AvgIpc) is 2.48. The maximum Gasteiger partial charge on any atom is 0.266 e. The number of aromatic nitrogens is 1. The van der Waals surface area contributed by atoms with Gasteiger partial charge in [0.05, 0.1) is 10.7 Å². The Hall–Kier alpha value is -2.35. The number of nitrogens with zero attached hydrogens (tertiary/aromatic N) is 2. The summed E-state index contributed by atoms with van der Waals surface area (Å²) < 4.78 is 0. The maximum absolute atomic E-state index is 12.1. The second-order valence-electron chi connectivity index (χ2n) is 4.03. The predicted octanol–water partition coefficient (Wildman–Crippen LogP) is 3.93. The number of anilines is 1. The zero-order valence-electron chi connectivity index (χ0n) is 10.7. The smallest absolute Gasteiger partial charge is 0.266 e. The predicted molar refractivity (Wildman–Crippen MR) is 82.9 cm³/mol. The Bertz CT molecular complexity index is 736. The van der Waals surface area contributed by atoms with Crippen LogP contribution in [-0.4, -0.2) is 10.9 Å². The van der Waals surface area contributed by atoms with Crippen LogP contribution in [0.4, 0.5) is 5.69 Å². The van der Waals surface area contributed by atoms with Gasteiger partial charge in [0.2, 0.25) is 0 Å². The van der Waals surface area contributed by atoms with E-state index < -0.39 is 5.91 Å². The molecule has 0 aliphatic carbocycles. The first-order chi connectivity index (χ1) is 10.1. The van der Waals surface area contributed by atoms with Crippen molar-refractivity contribution in [2.75, 3.05) is 5.32 Å². The first-order valence-electron chi connectivity index (χ1n) is 5.88. The lowest BCUT2D eigenvalue weighted by atomic mass is 10.1. The molecule has 104 valence electrons. The van der Waals surface area contributed by atoms with Crippen LogP contribution in [0.1, 0.15) is 5.56 Å². The summed E-state index contributed by atoms with van der Waals surface area (Å²) in [6, 6.07) is 9.93. The van der Waals surface area contributed by atoms with Crippen LogP contribution in [0.25, 0.3) is 6.08 Å². The number of nitrogens with one attached hydrogen (secondary N) is 1. The molecule has 0 spiro atoms.